The van der Waals surface area contributed by atoms with E-state index >= 15 is 0 Å². The third-order valence-electron chi connectivity index (χ3n) is 12.4. The Kier molecular flexibility index (Phi) is 6.88. The molecule has 0 unspecified atom stereocenters. The molecule has 1 spiro atoms. The van der Waals surface area contributed by atoms with Crippen molar-refractivity contribution >= 4 is 38.9 Å². The highest BCUT2D eigenvalue weighted by atomic mass is 15.1. The third kappa shape index (κ3) is 4.41. The normalized spacial score (nSPS) is 13.1. The van der Waals surface area contributed by atoms with E-state index in [1.807, 2.05) is 0 Å². The van der Waals surface area contributed by atoms with Gasteiger partial charge in [-0.05, 0) is 98.6 Å². The number of hydrogen-bond donors (Lipinski definition) is 0. The first-order valence-electron chi connectivity index (χ1n) is 19.8. The van der Waals surface area contributed by atoms with E-state index < -0.39 is 5.41 Å². The number of fused-ring (bicyclic) bond motifs is 13. The largest absolute Gasteiger partial charge is 0.310 e. The van der Waals surface area contributed by atoms with E-state index in [1.54, 1.807) is 0 Å². The van der Waals surface area contributed by atoms with Crippen LogP contribution in [0, 0.1) is 0 Å². The first-order chi connectivity index (χ1) is 28.3. The van der Waals surface area contributed by atoms with Crippen LogP contribution in [0.3, 0.4) is 0 Å². The molecule has 2 aliphatic carbocycles. The highest BCUT2D eigenvalue weighted by Gasteiger charge is 2.51. The molecule has 0 radical (unpaired) electrons. The molecule has 0 fully saturated rings. The van der Waals surface area contributed by atoms with Crippen LogP contribution in [0.2, 0.25) is 0 Å². The van der Waals surface area contributed by atoms with E-state index in [0.29, 0.717) is 0 Å². The van der Waals surface area contributed by atoms with E-state index in [0.717, 1.165) is 22.7 Å². The average Bonchev–Trinajstić information content (AvgIpc) is 3.89. The second-order valence-corrected chi connectivity index (χ2v) is 15.2. The van der Waals surface area contributed by atoms with Crippen molar-refractivity contribution in [2.24, 2.45) is 0 Å². The Hall–Kier alpha value is -7.42. The monoisotopic (exact) mass is 724 g/mol. The van der Waals surface area contributed by atoms with Crippen LogP contribution in [-0.2, 0) is 5.41 Å². The van der Waals surface area contributed by atoms with Gasteiger partial charge in [0.1, 0.15) is 0 Å². The van der Waals surface area contributed by atoms with Gasteiger partial charge in [-0.25, -0.2) is 0 Å². The zero-order valence-corrected chi connectivity index (χ0v) is 31.2. The lowest BCUT2D eigenvalue weighted by atomic mass is 9.70. The molecule has 266 valence electrons. The Bertz CT molecular complexity index is 3110. The van der Waals surface area contributed by atoms with E-state index in [1.165, 1.54) is 77.4 Å². The van der Waals surface area contributed by atoms with Crippen molar-refractivity contribution in [1.29, 1.82) is 0 Å². The summed E-state index contributed by atoms with van der Waals surface area (Å²) in [5, 5.41) is 2.47. The second kappa shape index (κ2) is 12.3. The van der Waals surface area contributed by atoms with Crippen molar-refractivity contribution in [3.05, 3.63) is 241 Å². The van der Waals surface area contributed by atoms with E-state index in [9.17, 15) is 0 Å². The Labute approximate surface area is 332 Å². The van der Waals surface area contributed by atoms with Gasteiger partial charge in [0.2, 0.25) is 0 Å². The number of benzene rings is 9. The summed E-state index contributed by atoms with van der Waals surface area (Å²) in [6.07, 6.45) is 0. The summed E-state index contributed by atoms with van der Waals surface area (Å²) in [7, 11) is 0. The fraction of sp³-hybridized carbons (Fsp3) is 0.0182. The van der Waals surface area contributed by atoms with Gasteiger partial charge in [-0.2, -0.15) is 0 Å². The minimum atomic E-state index is -0.441. The van der Waals surface area contributed by atoms with Gasteiger partial charge in [0, 0.05) is 33.4 Å². The van der Waals surface area contributed by atoms with Crippen LogP contribution >= 0.6 is 0 Å². The maximum absolute atomic E-state index is 2.49. The predicted molar refractivity (Wildman–Crippen MR) is 237 cm³/mol. The summed E-state index contributed by atoms with van der Waals surface area (Å²) in [4.78, 5) is 2.48. The Morgan fingerprint density at radius 2 is 0.895 bits per heavy atom. The smallest absolute Gasteiger partial charge is 0.0726 e. The molecule has 0 atom stereocenters. The summed E-state index contributed by atoms with van der Waals surface area (Å²) in [5.74, 6) is 0. The fourth-order valence-electron chi connectivity index (χ4n) is 10.2. The number of rotatable bonds is 5. The Morgan fingerprint density at radius 3 is 1.54 bits per heavy atom. The minimum absolute atomic E-state index is 0.441. The zero-order valence-electron chi connectivity index (χ0n) is 31.2. The summed E-state index contributed by atoms with van der Waals surface area (Å²) in [6, 6.07) is 80.5. The maximum atomic E-state index is 2.49. The Morgan fingerprint density at radius 1 is 0.368 bits per heavy atom. The molecule has 0 saturated carbocycles. The highest BCUT2D eigenvalue weighted by Crippen LogP contribution is 2.63. The topological polar surface area (TPSA) is 8.17 Å². The molecular weight excluding hydrogens is 689 g/mol. The first-order valence-corrected chi connectivity index (χ1v) is 19.8. The van der Waals surface area contributed by atoms with E-state index in [4.69, 9.17) is 0 Å². The fourth-order valence-corrected chi connectivity index (χ4v) is 10.2. The molecule has 0 N–H and O–H groups in total. The molecule has 2 nitrogen and oxygen atoms in total. The summed E-state index contributed by atoms with van der Waals surface area (Å²) in [6.45, 7) is 0. The molecule has 9 aromatic carbocycles. The zero-order chi connectivity index (χ0) is 37.5. The van der Waals surface area contributed by atoms with Crippen molar-refractivity contribution in [1.82, 2.24) is 4.57 Å². The van der Waals surface area contributed by atoms with Gasteiger partial charge >= 0.3 is 0 Å². The molecule has 0 amide bonds. The summed E-state index contributed by atoms with van der Waals surface area (Å²) >= 11 is 0. The average molecular weight is 725 g/mol. The van der Waals surface area contributed by atoms with E-state index in [2.05, 4.69) is 228 Å². The molecular formula is C55H36N2. The van der Waals surface area contributed by atoms with Crippen molar-refractivity contribution < 1.29 is 0 Å². The van der Waals surface area contributed by atoms with Gasteiger partial charge in [-0.3, -0.25) is 0 Å². The SMILES string of the molecule is c1ccc(-c2c(N(c3ccccc3)c3ccc4c(c3)C3(c5ccccc5-c5ccccc53)c3ccccc3-4)ccc3c4ccccc4n(-c4ccccc4)c23)cc1. The van der Waals surface area contributed by atoms with Crippen LogP contribution in [-0.4, -0.2) is 4.57 Å². The van der Waals surface area contributed by atoms with E-state index in [-0.39, 0.29) is 0 Å². The van der Waals surface area contributed by atoms with Gasteiger partial charge < -0.3 is 9.47 Å². The van der Waals surface area contributed by atoms with Crippen LogP contribution in [0.4, 0.5) is 17.1 Å². The molecule has 57 heavy (non-hydrogen) atoms. The number of para-hydroxylation sites is 3. The van der Waals surface area contributed by atoms with Crippen molar-refractivity contribution in [3.63, 3.8) is 0 Å². The van der Waals surface area contributed by atoms with Gasteiger partial charge in [0.25, 0.3) is 0 Å². The minimum Gasteiger partial charge on any atom is -0.310 e. The second-order valence-electron chi connectivity index (χ2n) is 15.2. The third-order valence-corrected chi connectivity index (χ3v) is 12.4. The standard InChI is InChI=1S/C55H36N2/c1-4-18-37(19-5-1)53-52(35-34-46-45-27-13-17-31-51(45)57(54(46)53)39-22-8-3-9-23-39)56(38-20-6-2-7-21-38)40-32-33-44-43-26-12-16-30-49(43)55(50(44)36-40)47-28-14-10-24-41(47)42-25-11-15-29-48(42)55/h1-36H. The summed E-state index contributed by atoms with van der Waals surface area (Å²) in [5.41, 5.74) is 19.4. The van der Waals surface area contributed by atoms with Crippen LogP contribution in [0.25, 0.3) is 60.9 Å². The molecule has 2 aliphatic rings. The molecule has 0 saturated heterocycles. The molecule has 0 aliphatic heterocycles. The molecule has 12 rings (SSSR count). The van der Waals surface area contributed by atoms with Gasteiger partial charge in [0.05, 0.1) is 22.1 Å². The quantitative estimate of drug-likeness (QED) is 0.172. The van der Waals surface area contributed by atoms with Crippen molar-refractivity contribution in [2.45, 2.75) is 5.41 Å². The van der Waals surface area contributed by atoms with Gasteiger partial charge in [0.15, 0.2) is 0 Å². The lowest BCUT2D eigenvalue weighted by molar-refractivity contribution is 0.793. The van der Waals surface area contributed by atoms with Crippen molar-refractivity contribution in [3.8, 4) is 39.1 Å². The molecule has 0 bridgehead atoms. The lowest BCUT2D eigenvalue weighted by Crippen LogP contribution is -2.26. The molecule has 1 aromatic heterocycles. The van der Waals surface area contributed by atoms with Crippen LogP contribution in [0.5, 0.6) is 0 Å². The Balaban J connectivity index is 1.19. The number of anilines is 3. The van der Waals surface area contributed by atoms with Crippen LogP contribution in [0.1, 0.15) is 22.3 Å². The van der Waals surface area contributed by atoms with Crippen LogP contribution in [0.15, 0.2) is 218 Å². The summed E-state index contributed by atoms with van der Waals surface area (Å²) < 4.78 is 2.46. The highest BCUT2D eigenvalue weighted by molar-refractivity contribution is 6.17. The van der Waals surface area contributed by atoms with Gasteiger partial charge in [-0.15, -0.1) is 0 Å². The lowest BCUT2D eigenvalue weighted by Gasteiger charge is -2.33. The molecule has 2 heteroatoms. The first kappa shape index (κ1) is 31.9. The van der Waals surface area contributed by atoms with Crippen molar-refractivity contribution in [2.75, 3.05) is 4.90 Å². The number of hydrogen-bond acceptors (Lipinski definition) is 1. The predicted octanol–water partition coefficient (Wildman–Crippen LogP) is 14.3. The maximum Gasteiger partial charge on any atom is 0.0726 e. The van der Waals surface area contributed by atoms with Crippen LogP contribution < -0.4 is 4.90 Å². The molecule has 10 aromatic rings. The number of nitrogens with zero attached hydrogens (tertiary/aromatic N) is 2. The molecule has 1 heterocycles. The number of aromatic nitrogens is 1. The van der Waals surface area contributed by atoms with Gasteiger partial charge in [-0.1, -0.05) is 170 Å².